The molecule has 0 radical (unpaired) electrons. The van der Waals surface area contributed by atoms with Crippen LogP contribution >= 0.6 is 0 Å². The van der Waals surface area contributed by atoms with Gasteiger partial charge in [-0.1, -0.05) is 6.58 Å². The SMILES string of the molecule is C=CC(=O)CCCCN(C)C(C)F. The molecule has 0 aromatic carbocycles. The van der Waals surface area contributed by atoms with Crippen molar-refractivity contribution >= 4 is 5.78 Å². The van der Waals surface area contributed by atoms with Crippen LogP contribution in [0.15, 0.2) is 12.7 Å². The number of ketones is 1. The van der Waals surface area contributed by atoms with Gasteiger partial charge in [-0.3, -0.25) is 9.69 Å². The van der Waals surface area contributed by atoms with Crippen molar-refractivity contribution in [3.8, 4) is 0 Å². The molecule has 0 aliphatic heterocycles. The summed E-state index contributed by atoms with van der Waals surface area (Å²) in [6, 6.07) is 0. The Morgan fingerprint density at radius 2 is 2.23 bits per heavy atom. The number of rotatable bonds is 7. The lowest BCUT2D eigenvalue weighted by atomic mass is 10.2. The average molecular weight is 187 g/mol. The van der Waals surface area contributed by atoms with Gasteiger partial charge in [0.1, 0.15) is 0 Å². The Bertz CT molecular complexity index is 168. The maximum Gasteiger partial charge on any atom is 0.155 e. The van der Waals surface area contributed by atoms with Crippen molar-refractivity contribution in [3.63, 3.8) is 0 Å². The quantitative estimate of drug-likeness (QED) is 0.346. The number of allylic oxidation sites excluding steroid dienone is 1. The van der Waals surface area contributed by atoms with E-state index in [0.717, 1.165) is 12.8 Å². The van der Waals surface area contributed by atoms with Crippen molar-refractivity contribution in [1.29, 1.82) is 0 Å². The van der Waals surface area contributed by atoms with Crippen LogP contribution < -0.4 is 0 Å². The molecule has 0 saturated carbocycles. The first-order valence-electron chi connectivity index (χ1n) is 4.57. The maximum atomic E-state index is 12.6. The van der Waals surface area contributed by atoms with Gasteiger partial charge in [0, 0.05) is 13.0 Å². The first kappa shape index (κ1) is 12.3. The number of unbranched alkanes of at least 4 members (excludes halogenated alkanes) is 1. The fourth-order valence-electron chi connectivity index (χ4n) is 0.940. The molecule has 1 atom stereocenters. The summed E-state index contributed by atoms with van der Waals surface area (Å²) in [7, 11) is 1.74. The summed E-state index contributed by atoms with van der Waals surface area (Å²) in [4.78, 5) is 12.4. The molecule has 0 bridgehead atoms. The van der Waals surface area contributed by atoms with E-state index in [1.54, 1.807) is 11.9 Å². The second-order valence-corrected chi connectivity index (χ2v) is 3.18. The minimum atomic E-state index is -0.907. The fraction of sp³-hybridized carbons (Fsp3) is 0.700. The third-order valence-electron chi connectivity index (χ3n) is 2.02. The molecule has 0 amide bonds. The lowest BCUT2D eigenvalue weighted by Gasteiger charge is -2.17. The van der Waals surface area contributed by atoms with Gasteiger partial charge in [-0.25, -0.2) is 4.39 Å². The molecular formula is C10H18FNO. The topological polar surface area (TPSA) is 20.3 Å². The molecule has 13 heavy (non-hydrogen) atoms. The smallest absolute Gasteiger partial charge is 0.155 e. The van der Waals surface area contributed by atoms with Crippen molar-refractivity contribution in [3.05, 3.63) is 12.7 Å². The monoisotopic (exact) mass is 187 g/mol. The Labute approximate surface area is 79.4 Å². The molecule has 0 N–H and O–H groups in total. The molecule has 0 aromatic rings. The zero-order valence-electron chi connectivity index (χ0n) is 8.42. The number of carbonyl (C=O) groups is 1. The van der Waals surface area contributed by atoms with Crippen LogP contribution in [-0.2, 0) is 4.79 Å². The van der Waals surface area contributed by atoms with Crippen molar-refractivity contribution < 1.29 is 9.18 Å². The fourth-order valence-corrected chi connectivity index (χ4v) is 0.940. The third-order valence-corrected chi connectivity index (χ3v) is 2.02. The van der Waals surface area contributed by atoms with E-state index in [9.17, 15) is 9.18 Å². The van der Waals surface area contributed by atoms with E-state index in [-0.39, 0.29) is 5.78 Å². The molecule has 0 aliphatic carbocycles. The molecular weight excluding hydrogens is 169 g/mol. The molecule has 0 spiro atoms. The van der Waals surface area contributed by atoms with Gasteiger partial charge < -0.3 is 0 Å². The molecule has 2 nitrogen and oxygen atoms in total. The molecule has 0 aromatic heterocycles. The van der Waals surface area contributed by atoms with Crippen molar-refractivity contribution in [1.82, 2.24) is 4.90 Å². The molecule has 0 heterocycles. The molecule has 1 unspecified atom stereocenters. The van der Waals surface area contributed by atoms with Gasteiger partial charge in [0.2, 0.25) is 0 Å². The van der Waals surface area contributed by atoms with Gasteiger partial charge in [-0.2, -0.15) is 0 Å². The summed E-state index contributed by atoms with van der Waals surface area (Å²) in [6.07, 6.45) is 2.61. The van der Waals surface area contributed by atoms with E-state index in [2.05, 4.69) is 6.58 Å². The van der Waals surface area contributed by atoms with Gasteiger partial charge in [0.15, 0.2) is 12.1 Å². The van der Waals surface area contributed by atoms with Crippen LogP contribution in [0.4, 0.5) is 4.39 Å². The Morgan fingerprint density at radius 3 is 2.69 bits per heavy atom. The van der Waals surface area contributed by atoms with E-state index in [0.29, 0.717) is 13.0 Å². The minimum Gasteiger partial charge on any atom is -0.295 e. The summed E-state index contributed by atoms with van der Waals surface area (Å²) in [5, 5.41) is 0. The van der Waals surface area contributed by atoms with Crippen LogP contribution in [0.1, 0.15) is 26.2 Å². The first-order valence-corrected chi connectivity index (χ1v) is 4.57. The largest absolute Gasteiger partial charge is 0.295 e. The van der Waals surface area contributed by atoms with Crippen molar-refractivity contribution in [2.24, 2.45) is 0 Å². The van der Waals surface area contributed by atoms with E-state index < -0.39 is 6.30 Å². The molecule has 76 valence electrons. The Kier molecular flexibility index (Phi) is 6.41. The summed E-state index contributed by atoms with van der Waals surface area (Å²) >= 11 is 0. The normalized spacial score (nSPS) is 12.9. The van der Waals surface area contributed by atoms with E-state index in [4.69, 9.17) is 0 Å². The van der Waals surface area contributed by atoms with Gasteiger partial charge >= 0.3 is 0 Å². The molecule has 0 aliphatic rings. The van der Waals surface area contributed by atoms with Gasteiger partial charge in [0.05, 0.1) is 0 Å². The van der Waals surface area contributed by atoms with Crippen LogP contribution in [-0.4, -0.2) is 30.6 Å². The zero-order chi connectivity index (χ0) is 10.3. The van der Waals surface area contributed by atoms with Crippen LogP contribution in [0, 0.1) is 0 Å². The third kappa shape index (κ3) is 6.46. The highest BCUT2D eigenvalue weighted by atomic mass is 19.1. The highest BCUT2D eigenvalue weighted by Gasteiger charge is 2.05. The first-order chi connectivity index (χ1) is 6.07. The molecule has 0 rings (SSSR count). The van der Waals surface area contributed by atoms with Gasteiger partial charge in [0.25, 0.3) is 0 Å². The lowest BCUT2D eigenvalue weighted by Crippen LogP contribution is -2.26. The number of alkyl halides is 1. The second-order valence-electron chi connectivity index (χ2n) is 3.18. The second kappa shape index (κ2) is 6.78. The predicted octanol–water partition coefficient (Wildman–Crippen LogP) is 2.16. The van der Waals surface area contributed by atoms with Crippen LogP contribution in [0.25, 0.3) is 0 Å². The average Bonchev–Trinajstić information content (AvgIpc) is 2.11. The standard InChI is InChI=1S/C10H18FNO/c1-4-10(13)7-5-6-8-12(3)9(2)11/h4,9H,1,5-8H2,2-3H3. The Hall–Kier alpha value is -0.700. The lowest BCUT2D eigenvalue weighted by molar-refractivity contribution is -0.114. The van der Waals surface area contributed by atoms with E-state index >= 15 is 0 Å². The van der Waals surface area contributed by atoms with Crippen molar-refractivity contribution in [2.75, 3.05) is 13.6 Å². The van der Waals surface area contributed by atoms with Crippen molar-refractivity contribution in [2.45, 2.75) is 32.5 Å². The number of hydrogen-bond acceptors (Lipinski definition) is 2. The molecule has 3 heteroatoms. The number of halogens is 1. The minimum absolute atomic E-state index is 0.0657. The van der Waals surface area contributed by atoms with Crippen LogP contribution in [0.2, 0.25) is 0 Å². The van der Waals surface area contributed by atoms with Crippen LogP contribution in [0.5, 0.6) is 0 Å². The van der Waals surface area contributed by atoms with Gasteiger partial charge in [-0.05, 0) is 32.9 Å². The summed E-state index contributed by atoms with van der Waals surface area (Å²) in [6.45, 7) is 5.59. The van der Waals surface area contributed by atoms with E-state index in [1.165, 1.54) is 13.0 Å². The highest BCUT2D eigenvalue weighted by Crippen LogP contribution is 2.02. The Morgan fingerprint density at radius 1 is 1.62 bits per heavy atom. The molecule has 0 saturated heterocycles. The highest BCUT2D eigenvalue weighted by molar-refractivity contribution is 5.88. The Balaban J connectivity index is 3.35. The number of hydrogen-bond donors (Lipinski definition) is 0. The zero-order valence-corrected chi connectivity index (χ0v) is 8.42. The summed E-state index contributed by atoms with van der Waals surface area (Å²) in [5.74, 6) is 0.0657. The van der Waals surface area contributed by atoms with Crippen LogP contribution in [0.3, 0.4) is 0 Å². The number of carbonyl (C=O) groups excluding carboxylic acids is 1. The van der Waals surface area contributed by atoms with Gasteiger partial charge in [-0.15, -0.1) is 0 Å². The maximum absolute atomic E-state index is 12.6. The summed E-state index contributed by atoms with van der Waals surface area (Å²) in [5.41, 5.74) is 0. The predicted molar refractivity (Wildman–Crippen MR) is 52.3 cm³/mol. The summed E-state index contributed by atoms with van der Waals surface area (Å²) < 4.78 is 12.6. The molecule has 0 fully saturated rings. The number of nitrogens with zero attached hydrogens (tertiary/aromatic N) is 1. The van der Waals surface area contributed by atoms with E-state index in [1.807, 2.05) is 0 Å².